The molecule has 0 radical (unpaired) electrons. The fourth-order valence-electron chi connectivity index (χ4n) is 5.35. The van der Waals surface area contributed by atoms with E-state index >= 15 is 0 Å². The number of rotatable bonds is 8. The first kappa shape index (κ1) is 27.8. The molecule has 2 aliphatic rings. The minimum absolute atomic E-state index is 0.0913. The molecule has 2 unspecified atom stereocenters. The highest BCUT2D eigenvalue weighted by Crippen LogP contribution is 2.38. The van der Waals surface area contributed by atoms with Crippen molar-refractivity contribution in [3.05, 3.63) is 71.3 Å². The summed E-state index contributed by atoms with van der Waals surface area (Å²) < 4.78 is 53.6. The van der Waals surface area contributed by atoms with Crippen molar-refractivity contribution in [1.82, 2.24) is 13.9 Å². The van der Waals surface area contributed by atoms with Crippen molar-refractivity contribution in [2.75, 3.05) is 25.9 Å². The number of benzene rings is 2. The van der Waals surface area contributed by atoms with Crippen LogP contribution in [-0.2, 0) is 26.6 Å². The SMILES string of the molecule is C[C@H]1CCC(c2ccccc2)S(=O)(=O)N1Cc1ccc(C(=O)NCCC2CCCN(S(C)(=O)=O)C2)cc1. The van der Waals surface area contributed by atoms with Crippen LogP contribution in [0.2, 0.25) is 0 Å². The summed E-state index contributed by atoms with van der Waals surface area (Å²) in [4.78, 5) is 12.6. The Morgan fingerprint density at radius 3 is 2.41 bits per heavy atom. The van der Waals surface area contributed by atoms with Gasteiger partial charge >= 0.3 is 0 Å². The van der Waals surface area contributed by atoms with Gasteiger partial charge in [-0.15, -0.1) is 0 Å². The Bertz CT molecular complexity index is 1280. The molecule has 3 atom stereocenters. The molecule has 10 heteroatoms. The zero-order valence-corrected chi connectivity index (χ0v) is 23.2. The van der Waals surface area contributed by atoms with Gasteiger partial charge in [-0.05, 0) is 68.2 Å². The predicted octanol–water partition coefficient (Wildman–Crippen LogP) is 3.53. The average Bonchev–Trinajstić information content (AvgIpc) is 2.87. The van der Waals surface area contributed by atoms with Gasteiger partial charge in [-0.25, -0.2) is 21.1 Å². The number of carbonyl (C=O) groups excluding carboxylic acids is 1. The highest BCUT2D eigenvalue weighted by atomic mass is 32.2. The van der Waals surface area contributed by atoms with Crippen LogP contribution in [0, 0.1) is 5.92 Å². The van der Waals surface area contributed by atoms with Gasteiger partial charge in [0, 0.05) is 37.8 Å². The summed E-state index contributed by atoms with van der Waals surface area (Å²) in [6.45, 7) is 3.77. The Morgan fingerprint density at radius 1 is 1.03 bits per heavy atom. The van der Waals surface area contributed by atoms with Crippen molar-refractivity contribution in [3.8, 4) is 0 Å². The monoisotopic (exact) mass is 547 g/mol. The van der Waals surface area contributed by atoms with E-state index in [2.05, 4.69) is 5.32 Å². The molecule has 0 saturated carbocycles. The number of piperidine rings is 1. The summed E-state index contributed by atoms with van der Waals surface area (Å²) >= 11 is 0. The number of nitrogens with one attached hydrogen (secondary N) is 1. The first-order chi connectivity index (χ1) is 17.6. The lowest BCUT2D eigenvalue weighted by Crippen LogP contribution is -2.44. The molecule has 2 fully saturated rings. The second kappa shape index (κ2) is 11.6. The molecule has 0 aromatic heterocycles. The van der Waals surface area contributed by atoms with Crippen LogP contribution in [0.5, 0.6) is 0 Å². The molecule has 1 N–H and O–H groups in total. The lowest BCUT2D eigenvalue weighted by atomic mass is 9.96. The van der Waals surface area contributed by atoms with Gasteiger partial charge in [0.15, 0.2) is 0 Å². The van der Waals surface area contributed by atoms with Gasteiger partial charge in [-0.2, -0.15) is 4.31 Å². The molecule has 0 aliphatic carbocycles. The Hall–Kier alpha value is -2.27. The van der Waals surface area contributed by atoms with Gasteiger partial charge in [0.2, 0.25) is 20.0 Å². The van der Waals surface area contributed by atoms with E-state index in [0.29, 0.717) is 31.6 Å². The molecular weight excluding hydrogens is 510 g/mol. The van der Waals surface area contributed by atoms with Gasteiger partial charge in [-0.1, -0.05) is 42.5 Å². The number of hydrogen-bond acceptors (Lipinski definition) is 5. The molecule has 4 rings (SSSR count). The standard InChI is InChI=1S/C27H37N3O5S2/c1-21-10-15-26(24-8-4-3-5-9-24)37(34,35)30(21)20-23-11-13-25(14-12-23)27(31)28-17-16-22-7-6-18-29(19-22)36(2,32)33/h3-5,8-9,11-14,21-22,26H,6-7,10,15-20H2,1-2H3,(H,28,31)/t21-,22?,26?/m0/s1. The molecule has 202 valence electrons. The van der Waals surface area contributed by atoms with Crippen molar-refractivity contribution in [1.29, 1.82) is 0 Å². The summed E-state index contributed by atoms with van der Waals surface area (Å²) in [6, 6.07) is 16.4. The normalized spacial score (nSPS) is 25.0. The van der Waals surface area contributed by atoms with Crippen molar-refractivity contribution >= 4 is 26.0 Å². The van der Waals surface area contributed by atoms with Crippen molar-refractivity contribution in [3.63, 3.8) is 0 Å². The molecule has 2 heterocycles. The van der Waals surface area contributed by atoms with Crippen molar-refractivity contribution < 1.29 is 21.6 Å². The summed E-state index contributed by atoms with van der Waals surface area (Å²) in [5.74, 6) is 0.0461. The second-order valence-corrected chi connectivity index (χ2v) is 14.3. The van der Waals surface area contributed by atoms with E-state index in [1.165, 1.54) is 10.6 Å². The Balaban J connectivity index is 1.33. The highest BCUT2D eigenvalue weighted by Gasteiger charge is 2.40. The average molecular weight is 548 g/mol. The van der Waals surface area contributed by atoms with Gasteiger partial charge < -0.3 is 5.32 Å². The smallest absolute Gasteiger partial charge is 0.251 e. The molecule has 8 nitrogen and oxygen atoms in total. The van der Waals surface area contributed by atoms with Crippen LogP contribution >= 0.6 is 0 Å². The van der Waals surface area contributed by atoms with E-state index in [4.69, 9.17) is 0 Å². The maximum Gasteiger partial charge on any atom is 0.251 e. The zero-order valence-electron chi connectivity index (χ0n) is 21.5. The van der Waals surface area contributed by atoms with Gasteiger partial charge in [0.25, 0.3) is 5.91 Å². The maximum atomic E-state index is 13.5. The number of hydrogen-bond donors (Lipinski definition) is 1. The predicted molar refractivity (Wildman–Crippen MR) is 145 cm³/mol. The number of sulfonamides is 2. The summed E-state index contributed by atoms with van der Waals surface area (Å²) in [5, 5.41) is 2.39. The first-order valence-electron chi connectivity index (χ1n) is 12.9. The van der Waals surface area contributed by atoms with Crippen molar-refractivity contribution in [2.45, 2.75) is 56.9 Å². The lowest BCUT2D eigenvalue weighted by molar-refractivity contribution is 0.0949. The highest BCUT2D eigenvalue weighted by molar-refractivity contribution is 7.89. The fourth-order valence-corrected chi connectivity index (χ4v) is 8.49. The largest absolute Gasteiger partial charge is 0.352 e. The van der Waals surface area contributed by atoms with E-state index in [0.717, 1.165) is 36.8 Å². The fraction of sp³-hybridized carbons (Fsp3) is 0.519. The minimum atomic E-state index is -3.51. The van der Waals surface area contributed by atoms with E-state index in [9.17, 15) is 21.6 Å². The van der Waals surface area contributed by atoms with E-state index in [1.54, 1.807) is 16.4 Å². The lowest BCUT2D eigenvalue weighted by Gasteiger charge is -2.37. The number of amides is 1. The van der Waals surface area contributed by atoms with Gasteiger partial charge in [-0.3, -0.25) is 4.79 Å². The van der Waals surface area contributed by atoms with E-state index in [1.807, 2.05) is 49.4 Å². The summed E-state index contributed by atoms with van der Waals surface area (Å²) in [6.07, 6.45) is 5.16. The second-order valence-electron chi connectivity index (χ2n) is 10.3. The third-order valence-electron chi connectivity index (χ3n) is 7.54. The molecule has 0 bridgehead atoms. The molecule has 1 amide bonds. The maximum absolute atomic E-state index is 13.5. The number of nitrogens with zero attached hydrogens (tertiary/aromatic N) is 2. The molecule has 2 aromatic rings. The van der Waals surface area contributed by atoms with Crippen LogP contribution < -0.4 is 5.32 Å². The molecule has 0 spiro atoms. The summed E-state index contributed by atoms with van der Waals surface area (Å²) in [5.41, 5.74) is 2.18. The molecule has 2 aromatic carbocycles. The third-order valence-corrected chi connectivity index (χ3v) is 11.2. The van der Waals surface area contributed by atoms with Crippen LogP contribution in [-0.4, -0.2) is 63.3 Å². The zero-order chi connectivity index (χ0) is 26.6. The third kappa shape index (κ3) is 6.79. The van der Waals surface area contributed by atoms with Crippen LogP contribution in [0.1, 0.15) is 65.8 Å². The Labute approximate surface area is 221 Å². The topological polar surface area (TPSA) is 104 Å². The van der Waals surface area contributed by atoms with E-state index in [-0.39, 0.29) is 24.4 Å². The van der Waals surface area contributed by atoms with E-state index < -0.39 is 25.3 Å². The van der Waals surface area contributed by atoms with Crippen molar-refractivity contribution in [2.24, 2.45) is 5.92 Å². The van der Waals surface area contributed by atoms with Gasteiger partial charge in [0.1, 0.15) is 5.25 Å². The quantitative estimate of drug-likeness (QED) is 0.545. The van der Waals surface area contributed by atoms with Crippen LogP contribution in [0.3, 0.4) is 0 Å². The molecular formula is C27H37N3O5S2. The molecule has 2 aliphatic heterocycles. The number of carbonyl (C=O) groups is 1. The van der Waals surface area contributed by atoms with Crippen LogP contribution in [0.25, 0.3) is 0 Å². The Kier molecular flexibility index (Phi) is 8.73. The first-order valence-corrected chi connectivity index (χ1v) is 16.3. The van der Waals surface area contributed by atoms with Crippen LogP contribution in [0.4, 0.5) is 0 Å². The molecule has 37 heavy (non-hydrogen) atoms. The summed E-state index contributed by atoms with van der Waals surface area (Å²) in [7, 11) is -6.70. The molecule has 2 saturated heterocycles. The van der Waals surface area contributed by atoms with Gasteiger partial charge in [0.05, 0.1) is 6.26 Å². The minimum Gasteiger partial charge on any atom is -0.352 e. The Morgan fingerprint density at radius 2 is 1.73 bits per heavy atom. The van der Waals surface area contributed by atoms with Crippen LogP contribution in [0.15, 0.2) is 54.6 Å².